The molecule has 1 atom stereocenters. The van der Waals surface area contributed by atoms with Gasteiger partial charge in [-0.15, -0.1) is 5.92 Å². The average Bonchev–Trinajstić information content (AvgIpc) is 2.64. The predicted molar refractivity (Wildman–Crippen MR) is 53.3 cm³/mol. The van der Waals surface area contributed by atoms with Gasteiger partial charge in [-0.25, -0.2) is 0 Å². The van der Waals surface area contributed by atoms with Crippen molar-refractivity contribution in [3.8, 4) is 11.8 Å². The van der Waals surface area contributed by atoms with Crippen molar-refractivity contribution in [2.24, 2.45) is 5.92 Å². The molecule has 72 valence electrons. The summed E-state index contributed by atoms with van der Waals surface area (Å²) in [5.74, 6) is 6.24. The first kappa shape index (κ1) is 10.3. The largest absolute Gasteiger partial charge is 0.303 e. The highest BCUT2D eigenvalue weighted by molar-refractivity contribution is 5.53. The monoisotopic (exact) mass is 179 g/mol. The van der Waals surface area contributed by atoms with Crippen molar-refractivity contribution in [2.45, 2.75) is 26.2 Å². The first-order valence-electron chi connectivity index (χ1n) is 4.96. The zero-order chi connectivity index (χ0) is 9.52. The minimum Gasteiger partial charge on any atom is -0.303 e. The first-order chi connectivity index (χ1) is 6.33. The SMILES string of the molecule is CC(C=O)CC#CCN1CCCC1. The molecule has 2 nitrogen and oxygen atoms in total. The second-order valence-corrected chi connectivity index (χ2v) is 3.65. The molecule has 1 saturated heterocycles. The molecular weight excluding hydrogens is 162 g/mol. The van der Waals surface area contributed by atoms with Gasteiger partial charge in [0.1, 0.15) is 6.29 Å². The zero-order valence-corrected chi connectivity index (χ0v) is 8.25. The fraction of sp³-hybridized carbons (Fsp3) is 0.727. The molecule has 1 aliphatic rings. The van der Waals surface area contributed by atoms with Gasteiger partial charge in [0.05, 0.1) is 6.54 Å². The summed E-state index contributed by atoms with van der Waals surface area (Å²) < 4.78 is 0. The lowest BCUT2D eigenvalue weighted by Crippen LogP contribution is -2.19. The smallest absolute Gasteiger partial charge is 0.123 e. The number of carbonyl (C=O) groups is 1. The summed E-state index contributed by atoms with van der Waals surface area (Å²) in [5, 5.41) is 0. The van der Waals surface area contributed by atoms with E-state index in [0.29, 0.717) is 6.42 Å². The Bertz CT molecular complexity index is 208. The van der Waals surface area contributed by atoms with E-state index in [1.54, 1.807) is 0 Å². The highest BCUT2D eigenvalue weighted by Gasteiger charge is 2.08. The Morgan fingerprint density at radius 1 is 1.38 bits per heavy atom. The van der Waals surface area contributed by atoms with Crippen LogP contribution in [0.3, 0.4) is 0 Å². The summed E-state index contributed by atoms with van der Waals surface area (Å²) in [6.45, 7) is 5.17. The van der Waals surface area contributed by atoms with Crippen LogP contribution in [0.25, 0.3) is 0 Å². The van der Waals surface area contributed by atoms with E-state index in [1.165, 1.54) is 25.9 Å². The molecule has 0 saturated carbocycles. The molecule has 0 amide bonds. The molecule has 0 radical (unpaired) electrons. The maximum absolute atomic E-state index is 10.3. The van der Waals surface area contributed by atoms with Crippen molar-refractivity contribution in [3.05, 3.63) is 0 Å². The van der Waals surface area contributed by atoms with Gasteiger partial charge in [-0.05, 0) is 25.9 Å². The molecule has 0 aromatic rings. The molecule has 0 aromatic carbocycles. The van der Waals surface area contributed by atoms with E-state index in [4.69, 9.17) is 0 Å². The van der Waals surface area contributed by atoms with E-state index in [0.717, 1.165) is 12.8 Å². The second-order valence-electron chi connectivity index (χ2n) is 3.65. The molecule has 0 bridgehead atoms. The number of aldehydes is 1. The van der Waals surface area contributed by atoms with E-state index < -0.39 is 0 Å². The van der Waals surface area contributed by atoms with Crippen LogP contribution in [0.1, 0.15) is 26.2 Å². The van der Waals surface area contributed by atoms with Crippen molar-refractivity contribution in [1.82, 2.24) is 4.90 Å². The van der Waals surface area contributed by atoms with Crippen LogP contribution in [0.5, 0.6) is 0 Å². The summed E-state index contributed by atoms with van der Waals surface area (Å²) in [7, 11) is 0. The van der Waals surface area contributed by atoms with Crippen molar-refractivity contribution in [3.63, 3.8) is 0 Å². The zero-order valence-electron chi connectivity index (χ0n) is 8.25. The highest BCUT2D eigenvalue weighted by atomic mass is 16.1. The molecule has 0 aromatic heterocycles. The maximum atomic E-state index is 10.3. The number of carbonyl (C=O) groups excluding carboxylic acids is 1. The van der Waals surface area contributed by atoms with Gasteiger partial charge in [-0.2, -0.15) is 0 Å². The molecule has 1 unspecified atom stereocenters. The Morgan fingerprint density at radius 2 is 2.08 bits per heavy atom. The molecule has 1 fully saturated rings. The van der Waals surface area contributed by atoms with Crippen LogP contribution in [0.2, 0.25) is 0 Å². The molecule has 13 heavy (non-hydrogen) atoms. The van der Waals surface area contributed by atoms with Gasteiger partial charge in [0.15, 0.2) is 0 Å². The summed E-state index contributed by atoms with van der Waals surface area (Å²) in [5.41, 5.74) is 0. The maximum Gasteiger partial charge on any atom is 0.123 e. The quantitative estimate of drug-likeness (QED) is 0.481. The van der Waals surface area contributed by atoms with E-state index >= 15 is 0 Å². The van der Waals surface area contributed by atoms with Gasteiger partial charge in [0.2, 0.25) is 0 Å². The minimum atomic E-state index is 0.0890. The van der Waals surface area contributed by atoms with Gasteiger partial charge in [-0.1, -0.05) is 12.8 Å². The molecule has 1 heterocycles. The number of hydrogen-bond donors (Lipinski definition) is 0. The van der Waals surface area contributed by atoms with E-state index in [2.05, 4.69) is 16.7 Å². The Kier molecular flexibility index (Phi) is 4.56. The lowest BCUT2D eigenvalue weighted by Gasteiger charge is -2.08. The Morgan fingerprint density at radius 3 is 2.69 bits per heavy atom. The van der Waals surface area contributed by atoms with Crippen LogP contribution in [0.15, 0.2) is 0 Å². The number of rotatable bonds is 3. The molecule has 0 N–H and O–H groups in total. The number of hydrogen-bond acceptors (Lipinski definition) is 2. The molecule has 1 aliphatic heterocycles. The molecule has 0 aliphatic carbocycles. The van der Waals surface area contributed by atoms with Crippen LogP contribution in [0, 0.1) is 17.8 Å². The van der Waals surface area contributed by atoms with Crippen molar-refractivity contribution in [1.29, 1.82) is 0 Å². The standard InChI is InChI=1S/C11H17NO/c1-11(10-13)6-2-3-7-12-8-4-5-9-12/h10-11H,4-9H2,1H3. The Labute approximate surface area is 80.3 Å². The molecule has 0 spiro atoms. The highest BCUT2D eigenvalue weighted by Crippen LogP contribution is 2.05. The van der Waals surface area contributed by atoms with Gasteiger partial charge >= 0.3 is 0 Å². The van der Waals surface area contributed by atoms with Crippen molar-refractivity contribution in [2.75, 3.05) is 19.6 Å². The third-order valence-corrected chi connectivity index (χ3v) is 2.28. The lowest BCUT2D eigenvalue weighted by molar-refractivity contribution is -0.110. The third-order valence-electron chi connectivity index (χ3n) is 2.28. The van der Waals surface area contributed by atoms with Gasteiger partial charge < -0.3 is 4.79 Å². The summed E-state index contributed by atoms with van der Waals surface area (Å²) in [6.07, 6.45) is 4.29. The van der Waals surface area contributed by atoms with Gasteiger partial charge in [0, 0.05) is 12.3 Å². The predicted octanol–water partition coefficient (Wildman–Crippen LogP) is 1.31. The van der Waals surface area contributed by atoms with E-state index in [1.807, 2.05) is 6.92 Å². The van der Waals surface area contributed by atoms with Crippen LogP contribution in [0.4, 0.5) is 0 Å². The lowest BCUT2D eigenvalue weighted by atomic mass is 10.1. The van der Waals surface area contributed by atoms with Crippen molar-refractivity contribution >= 4 is 6.29 Å². The topological polar surface area (TPSA) is 20.3 Å². The molecular formula is C11H17NO. The van der Waals surface area contributed by atoms with Crippen LogP contribution < -0.4 is 0 Å². The van der Waals surface area contributed by atoms with E-state index in [-0.39, 0.29) is 5.92 Å². The average molecular weight is 179 g/mol. The summed E-state index contributed by atoms with van der Waals surface area (Å²) >= 11 is 0. The summed E-state index contributed by atoms with van der Waals surface area (Å²) in [4.78, 5) is 12.6. The van der Waals surface area contributed by atoms with Crippen LogP contribution in [-0.2, 0) is 4.79 Å². The molecule has 1 rings (SSSR count). The number of nitrogens with zero attached hydrogens (tertiary/aromatic N) is 1. The van der Waals surface area contributed by atoms with Crippen LogP contribution >= 0.6 is 0 Å². The third kappa shape index (κ3) is 4.10. The minimum absolute atomic E-state index is 0.0890. The fourth-order valence-electron chi connectivity index (χ4n) is 1.39. The summed E-state index contributed by atoms with van der Waals surface area (Å²) in [6, 6.07) is 0. The van der Waals surface area contributed by atoms with Gasteiger partial charge in [0.25, 0.3) is 0 Å². The fourth-order valence-corrected chi connectivity index (χ4v) is 1.39. The Hall–Kier alpha value is -0.810. The number of likely N-dealkylation sites (tertiary alicyclic amines) is 1. The first-order valence-corrected chi connectivity index (χ1v) is 4.96. The molecule has 2 heteroatoms. The Balaban J connectivity index is 2.12. The second kappa shape index (κ2) is 5.77. The normalized spacial score (nSPS) is 19.2. The van der Waals surface area contributed by atoms with Crippen LogP contribution in [-0.4, -0.2) is 30.8 Å². The van der Waals surface area contributed by atoms with Gasteiger partial charge in [-0.3, -0.25) is 4.90 Å². The van der Waals surface area contributed by atoms with E-state index in [9.17, 15) is 4.79 Å². The van der Waals surface area contributed by atoms with Crippen molar-refractivity contribution < 1.29 is 4.79 Å².